The number of hydrogen-bond acceptors (Lipinski definition) is 3. The van der Waals surface area contributed by atoms with Crippen LogP contribution in [0.4, 0.5) is 0 Å². The second kappa shape index (κ2) is 4.18. The Hall–Kier alpha value is -0.870. The largest absolute Gasteiger partial charge is 0.308 e. The first kappa shape index (κ1) is 11.6. The first-order valence-corrected chi connectivity index (χ1v) is 6.49. The summed E-state index contributed by atoms with van der Waals surface area (Å²) in [6.45, 7) is 9.80. The predicted molar refractivity (Wildman–Crippen MR) is 68.8 cm³/mol. The van der Waals surface area contributed by atoms with E-state index in [-0.39, 0.29) is 5.41 Å². The van der Waals surface area contributed by atoms with Gasteiger partial charge in [-0.3, -0.25) is 4.40 Å². The van der Waals surface area contributed by atoms with Gasteiger partial charge in [-0.2, -0.15) is 0 Å². The van der Waals surface area contributed by atoms with Gasteiger partial charge in [-0.1, -0.05) is 20.8 Å². The molecular weight excluding hydrogens is 218 g/mol. The quantitative estimate of drug-likeness (QED) is 0.889. The van der Waals surface area contributed by atoms with Crippen molar-refractivity contribution in [1.29, 1.82) is 0 Å². The van der Waals surface area contributed by atoms with Crippen LogP contribution in [0.5, 0.6) is 0 Å². The van der Waals surface area contributed by atoms with Crippen molar-refractivity contribution >= 4 is 16.3 Å². The number of rotatable bonds is 3. The molecule has 2 aromatic heterocycles. The maximum atomic E-state index is 4.55. The molecule has 0 aliphatic rings. The molecule has 0 spiro atoms. The van der Waals surface area contributed by atoms with E-state index in [0.29, 0.717) is 6.04 Å². The molecule has 0 fully saturated rings. The van der Waals surface area contributed by atoms with Crippen molar-refractivity contribution in [2.75, 3.05) is 0 Å². The smallest absolute Gasteiger partial charge is 0.193 e. The second-order valence-corrected chi connectivity index (χ2v) is 6.17. The van der Waals surface area contributed by atoms with Crippen LogP contribution in [0.2, 0.25) is 0 Å². The predicted octanol–water partition coefficient (Wildman–Crippen LogP) is 2.92. The van der Waals surface area contributed by atoms with Crippen LogP contribution in [0.15, 0.2) is 17.8 Å². The Morgan fingerprint density at radius 1 is 1.50 bits per heavy atom. The first-order valence-electron chi connectivity index (χ1n) is 5.61. The third-order valence-corrected chi connectivity index (χ3v) is 3.80. The zero-order valence-corrected chi connectivity index (χ0v) is 11.1. The fourth-order valence-electron chi connectivity index (χ4n) is 1.43. The monoisotopic (exact) mass is 237 g/mol. The van der Waals surface area contributed by atoms with E-state index in [0.717, 1.165) is 17.2 Å². The summed E-state index contributed by atoms with van der Waals surface area (Å²) in [5, 5.41) is 5.57. The van der Waals surface area contributed by atoms with Crippen LogP contribution >= 0.6 is 11.3 Å². The average Bonchev–Trinajstić information content (AvgIpc) is 2.71. The van der Waals surface area contributed by atoms with Crippen LogP contribution in [0.1, 0.15) is 33.4 Å². The minimum Gasteiger partial charge on any atom is -0.308 e. The van der Waals surface area contributed by atoms with Crippen LogP contribution in [0.3, 0.4) is 0 Å². The molecule has 16 heavy (non-hydrogen) atoms. The minimum absolute atomic E-state index is 0.289. The van der Waals surface area contributed by atoms with Crippen molar-refractivity contribution in [3.8, 4) is 0 Å². The molecule has 0 saturated carbocycles. The lowest BCUT2D eigenvalue weighted by atomic mass is 9.88. The van der Waals surface area contributed by atoms with E-state index in [4.69, 9.17) is 0 Å². The summed E-state index contributed by atoms with van der Waals surface area (Å²) in [5.74, 6) is 0. The highest BCUT2D eigenvalue weighted by Gasteiger charge is 2.19. The van der Waals surface area contributed by atoms with Gasteiger partial charge in [0.1, 0.15) is 0 Å². The number of nitrogens with zero attached hydrogens (tertiary/aromatic N) is 2. The molecule has 0 aliphatic carbocycles. The molecular formula is C12H19N3S. The van der Waals surface area contributed by atoms with Gasteiger partial charge in [0.05, 0.1) is 5.69 Å². The minimum atomic E-state index is 0.289. The van der Waals surface area contributed by atoms with Crippen molar-refractivity contribution in [2.24, 2.45) is 5.41 Å². The summed E-state index contributed by atoms with van der Waals surface area (Å²) >= 11 is 1.67. The van der Waals surface area contributed by atoms with Gasteiger partial charge in [-0.05, 0) is 12.3 Å². The van der Waals surface area contributed by atoms with Crippen molar-refractivity contribution in [3.63, 3.8) is 0 Å². The van der Waals surface area contributed by atoms with Gasteiger partial charge >= 0.3 is 0 Å². The standard InChI is InChI=1S/C12H19N3S/c1-9(12(2,3)4)13-7-10-8-15-5-6-16-11(15)14-10/h5-6,8-9,13H,7H2,1-4H3. The summed E-state index contributed by atoms with van der Waals surface area (Å²) in [7, 11) is 0. The fourth-order valence-corrected chi connectivity index (χ4v) is 2.14. The third kappa shape index (κ3) is 2.44. The number of fused-ring (bicyclic) bond motifs is 1. The van der Waals surface area contributed by atoms with Crippen molar-refractivity contribution in [2.45, 2.75) is 40.3 Å². The number of imidazole rings is 1. The zero-order valence-electron chi connectivity index (χ0n) is 10.3. The van der Waals surface area contributed by atoms with Crippen LogP contribution in [-0.4, -0.2) is 15.4 Å². The Balaban J connectivity index is 1.98. The van der Waals surface area contributed by atoms with Gasteiger partial charge < -0.3 is 5.32 Å². The van der Waals surface area contributed by atoms with Crippen LogP contribution in [0.25, 0.3) is 4.96 Å². The summed E-state index contributed by atoms with van der Waals surface area (Å²) in [5.41, 5.74) is 1.40. The molecule has 0 aromatic carbocycles. The lowest BCUT2D eigenvalue weighted by molar-refractivity contribution is 0.284. The highest BCUT2D eigenvalue weighted by atomic mass is 32.1. The molecule has 2 rings (SSSR count). The molecule has 0 radical (unpaired) electrons. The molecule has 0 bridgehead atoms. The third-order valence-electron chi connectivity index (χ3n) is 3.03. The summed E-state index contributed by atoms with van der Waals surface area (Å²) < 4.78 is 2.07. The highest BCUT2D eigenvalue weighted by molar-refractivity contribution is 7.15. The Bertz CT molecular complexity index is 435. The Morgan fingerprint density at radius 2 is 2.25 bits per heavy atom. The molecule has 2 heterocycles. The second-order valence-electron chi connectivity index (χ2n) is 5.29. The van der Waals surface area contributed by atoms with Gasteiger partial charge in [-0.15, -0.1) is 11.3 Å². The van der Waals surface area contributed by atoms with E-state index in [1.807, 2.05) is 6.20 Å². The van der Waals surface area contributed by atoms with Crippen molar-refractivity contribution in [1.82, 2.24) is 14.7 Å². The lowest BCUT2D eigenvalue weighted by Crippen LogP contribution is -2.37. The van der Waals surface area contributed by atoms with E-state index in [1.165, 1.54) is 0 Å². The van der Waals surface area contributed by atoms with Gasteiger partial charge in [0.25, 0.3) is 0 Å². The van der Waals surface area contributed by atoms with Gasteiger partial charge in [0.2, 0.25) is 0 Å². The molecule has 0 amide bonds. The summed E-state index contributed by atoms with van der Waals surface area (Å²) in [6.07, 6.45) is 4.14. The average molecular weight is 237 g/mol. The van der Waals surface area contributed by atoms with E-state index in [2.05, 4.69) is 54.0 Å². The maximum absolute atomic E-state index is 4.55. The normalized spacial score (nSPS) is 14.5. The van der Waals surface area contributed by atoms with E-state index in [9.17, 15) is 0 Å². The van der Waals surface area contributed by atoms with Gasteiger partial charge in [0.15, 0.2) is 4.96 Å². The molecule has 4 heteroatoms. The number of nitrogens with one attached hydrogen (secondary N) is 1. The zero-order chi connectivity index (χ0) is 11.8. The number of aromatic nitrogens is 2. The molecule has 88 valence electrons. The van der Waals surface area contributed by atoms with Gasteiger partial charge in [-0.25, -0.2) is 4.98 Å². The number of thiazole rings is 1. The molecule has 1 N–H and O–H groups in total. The molecule has 1 atom stereocenters. The van der Waals surface area contributed by atoms with Gasteiger partial charge in [0, 0.05) is 30.4 Å². The van der Waals surface area contributed by atoms with Crippen molar-refractivity contribution in [3.05, 3.63) is 23.5 Å². The van der Waals surface area contributed by atoms with E-state index < -0.39 is 0 Å². The number of hydrogen-bond donors (Lipinski definition) is 1. The van der Waals surface area contributed by atoms with Crippen LogP contribution < -0.4 is 5.32 Å². The van der Waals surface area contributed by atoms with Crippen LogP contribution in [0, 0.1) is 5.41 Å². The molecule has 1 unspecified atom stereocenters. The molecule has 0 aliphatic heterocycles. The summed E-state index contributed by atoms with van der Waals surface area (Å²) in [6, 6.07) is 0.479. The first-order chi connectivity index (χ1) is 7.47. The molecule has 0 saturated heterocycles. The Morgan fingerprint density at radius 3 is 2.88 bits per heavy atom. The van der Waals surface area contributed by atoms with E-state index >= 15 is 0 Å². The van der Waals surface area contributed by atoms with Crippen LogP contribution in [-0.2, 0) is 6.54 Å². The lowest BCUT2D eigenvalue weighted by Gasteiger charge is -2.27. The maximum Gasteiger partial charge on any atom is 0.193 e. The molecule has 3 nitrogen and oxygen atoms in total. The fraction of sp³-hybridized carbons (Fsp3) is 0.583. The Kier molecular flexibility index (Phi) is 3.04. The molecule has 2 aromatic rings. The van der Waals surface area contributed by atoms with E-state index in [1.54, 1.807) is 11.3 Å². The highest BCUT2D eigenvalue weighted by Crippen LogP contribution is 2.19. The van der Waals surface area contributed by atoms with Crippen molar-refractivity contribution < 1.29 is 0 Å². The SMILES string of the molecule is CC(NCc1cn2ccsc2n1)C(C)(C)C. The Labute approximate surface area is 101 Å². The topological polar surface area (TPSA) is 29.3 Å². The summed E-state index contributed by atoms with van der Waals surface area (Å²) in [4.78, 5) is 5.62.